The van der Waals surface area contributed by atoms with Crippen LogP contribution in [0.5, 0.6) is 0 Å². The van der Waals surface area contributed by atoms with Crippen LogP contribution >= 0.6 is 11.6 Å². The standard InChI is InChI=1S/C20H23ClN2O2/c1-14(18-9-5-6-10-19(18)21)22-16-11-17(12-16)23-20(24)25-13-15-7-3-2-4-8-15/h2-10,14,16-17,22H,11-13H2,1H3,(H,23,24). The normalized spacial score (nSPS) is 20.4. The number of hydrogen-bond acceptors (Lipinski definition) is 3. The molecule has 1 unspecified atom stereocenters. The average molecular weight is 359 g/mol. The van der Waals surface area contributed by atoms with Gasteiger partial charge < -0.3 is 15.4 Å². The minimum Gasteiger partial charge on any atom is -0.445 e. The monoisotopic (exact) mass is 358 g/mol. The molecular weight excluding hydrogens is 336 g/mol. The van der Waals surface area contributed by atoms with Crippen molar-refractivity contribution in [2.45, 2.75) is 44.5 Å². The molecule has 0 saturated heterocycles. The van der Waals surface area contributed by atoms with E-state index in [1.807, 2.05) is 54.6 Å². The quantitative estimate of drug-likeness (QED) is 0.802. The molecule has 132 valence electrons. The summed E-state index contributed by atoms with van der Waals surface area (Å²) < 4.78 is 5.25. The van der Waals surface area contributed by atoms with Crippen molar-refractivity contribution in [1.82, 2.24) is 10.6 Å². The van der Waals surface area contributed by atoms with E-state index in [2.05, 4.69) is 17.6 Å². The first-order valence-corrected chi connectivity index (χ1v) is 8.97. The van der Waals surface area contributed by atoms with Gasteiger partial charge in [-0.1, -0.05) is 60.1 Å². The van der Waals surface area contributed by atoms with Crippen molar-refractivity contribution in [3.8, 4) is 0 Å². The van der Waals surface area contributed by atoms with Gasteiger partial charge in [0.05, 0.1) is 0 Å². The fourth-order valence-electron chi connectivity index (χ4n) is 3.07. The number of carbonyl (C=O) groups is 1. The summed E-state index contributed by atoms with van der Waals surface area (Å²) in [6, 6.07) is 18.3. The van der Waals surface area contributed by atoms with Crippen LogP contribution in [0.3, 0.4) is 0 Å². The Labute approximate surface area is 153 Å². The largest absolute Gasteiger partial charge is 0.445 e. The van der Waals surface area contributed by atoms with E-state index in [0.717, 1.165) is 29.0 Å². The zero-order valence-electron chi connectivity index (χ0n) is 14.2. The molecule has 5 heteroatoms. The van der Waals surface area contributed by atoms with Crippen LogP contribution in [0.25, 0.3) is 0 Å². The molecule has 2 N–H and O–H groups in total. The van der Waals surface area contributed by atoms with E-state index in [1.165, 1.54) is 0 Å². The molecule has 0 aliphatic heterocycles. The molecule has 25 heavy (non-hydrogen) atoms. The number of carbonyl (C=O) groups excluding carboxylic acids is 1. The fraction of sp³-hybridized carbons (Fsp3) is 0.350. The molecule has 4 nitrogen and oxygen atoms in total. The molecule has 0 aromatic heterocycles. The highest BCUT2D eigenvalue weighted by Crippen LogP contribution is 2.27. The van der Waals surface area contributed by atoms with E-state index < -0.39 is 0 Å². The number of benzene rings is 2. The van der Waals surface area contributed by atoms with Crippen molar-refractivity contribution in [3.63, 3.8) is 0 Å². The Hall–Kier alpha value is -2.04. The summed E-state index contributed by atoms with van der Waals surface area (Å²) in [5, 5.41) is 7.25. The van der Waals surface area contributed by atoms with Crippen LogP contribution in [0.2, 0.25) is 5.02 Å². The topological polar surface area (TPSA) is 50.4 Å². The molecule has 0 spiro atoms. The van der Waals surface area contributed by atoms with Crippen molar-refractivity contribution in [2.24, 2.45) is 0 Å². The Morgan fingerprint density at radius 2 is 1.80 bits per heavy atom. The molecule has 2 aromatic rings. The Morgan fingerprint density at radius 1 is 1.12 bits per heavy atom. The second-order valence-electron chi connectivity index (χ2n) is 6.48. The van der Waals surface area contributed by atoms with E-state index in [4.69, 9.17) is 16.3 Å². The Kier molecular flexibility index (Phi) is 5.95. The molecule has 1 saturated carbocycles. The van der Waals surface area contributed by atoms with Gasteiger partial charge >= 0.3 is 6.09 Å². The third kappa shape index (κ3) is 4.97. The predicted octanol–water partition coefficient (Wildman–Crippen LogP) is 4.45. The lowest BCUT2D eigenvalue weighted by Crippen LogP contribution is -2.52. The molecular formula is C20H23ClN2O2. The number of rotatable bonds is 6. The lowest BCUT2D eigenvalue weighted by molar-refractivity contribution is 0.124. The zero-order valence-corrected chi connectivity index (χ0v) is 15.0. The number of alkyl carbamates (subject to hydrolysis) is 1. The first-order valence-electron chi connectivity index (χ1n) is 8.59. The molecule has 1 amide bonds. The maximum Gasteiger partial charge on any atom is 0.407 e. The first-order chi connectivity index (χ1) is 12.1. The van der Waals surface area contributed by atoms with Gasteiger partial charge in [0, 0.05) is 23.1 Å². The molecule has 2 aromatic carbocycles. The molecule has 1 atom stereocenters. The van der Waals surface area contributed by atoms with Crippen molar-refractivity contribution >= 4 is 17.7 Å². The number of nitrogens with one attached hydrogen (secondary N) is 2. The number of halogens is 1. The third-order valence-corrected chi connectivity index (χ3v) is 4.87. The minimum atomic E-state index is -0.355. The zero-order chi connectivity index (χ0) is 17.6. The van der Waals surface area contributed by atoms with Gasteiger partial charge in [0.1, 0.15) is 6.61 Å². The van der Waals surface area contributed by atoms with Gasteiger partial charge in [-0.15, -0.1) is 0 Å². The highest BCUT2D eigenvalue weighted by molar-refractivity contribution is 6.31. The van der Waals surface area contributed by atoms with Gasteiger partial charge in [0.2, 0.25) is 0 Å². The third-order valence-electron chi connectivity index (χ3n) is 4.53. The van der Waals surface area contributed by atoms with E-state index >= 15 is 0 Å². The number of hydrogen-bond donors (Lipinski definition) is 2. The SMILES string of the molecule is CC(NC1CC(NC(=O)OCc2ccccc2)C1)c1ccccc1Cl. The van der Waals surface area contributed by atoms with Crippen molar-refractivity contribution in [1.29, 1.82) is 0 Å². The Morgan fingerprint density at radius 3 is 2.52 bits per heavy atom. The van der Waals surface area contributed by atoms with Crippen molar-refractivity contribution in [2.75, 3.05) is 0 Å². The molecule has 1 fully saturated rings. The average Bonchev–Trinajstić information content (AvgIpc) is 2.59. The molecule has 0 heterocycles. The van der Waals surface area contributed by atoms with E-state index in [9.17, 15) is 4.79 Å². The van der Waals surface area contributed by atoms with Gasteiger partial charge in [0.25, 0.3) is 0 Å². The summed E-state index contributed by atoms with van der Waals surface area (Å²) in [5.41, 5.74) is 2.09. The minimum absolute atomic E-state index is 0.166. The van der Waals surface area contributed by atoms with Gasteiger partial charge in [-0.05, 0) is 37.0 Å². The van der Waals surface area contributed by atoms with Crippen molar-refractivity contribution < 1.29 is 9.53 Å². The summed E-state index contributed by atoms with van der Waals surface area (Å²) in [7, 11) is 0. The maximum atomic E-state index is 11.8. The first kappa shape index (κ1) is 17.8. The van der Waals surface area contributed by atoms with Crippen LogP contribution < -0.4 is 10.6 Å². The van der Waals surface area contributed by atoms with Crippen LogP contribution in [0.15, 0.2) is 54.6 Å². The molecule has 0 bridgehead atoms. The van der Waals surface area contributed by atoms with Crippen molar-refractivity contribution in [3.05, 3.63) is 70.7 Å². The second-order valence-corrected chi connectivity index (χ2v) is 6.89. The smallest absolute Gasteiger partial charge is 0.407 e. The predicted molar refractivity (Wildman–Crippen MR) is 99.6 cm³/mol. The lowest BCUT2D eigenvalue weighted by atomic mass is 9.86. The Bertz CT molecular complexity index is 702. The van der Waals surface area contributed by atoms with Crippen LogP contribution in [-0.2, 0) is 11.3 Å². The highest BCUT2D eigenvalue weighted by Gasteiger charge is 2.31. The van der Waals surface area contributed by atoms with Gasteiger partial charge in [-0.2, -0.15) is 0 Å². The number of amides is 1. The second kappa shape index (κ2) is 8.37. The number of ether oxygens (including phenoxy) is 1. The summed E-state index contributed by atoms with van der Waals surface area (Å²) in [5.74, 6) is 0. The van der Waals surface area contributed by atoms with Crippen LogP contribution in [-0.4, -0.2) is 18.2 Å². The van der Waals surface area contributed by atoms with Crippen LogP contribution in [0, 0.1) is 0 Å². The highest BCUT2D eigenvalue weighted by atomic mass is 35.5. The van der Waals surface area contributed by atoms with E-state index in [1.54, 1.807) is 0 Å². The lowest BCUT2D eigenvalue weighted by Gasteiger charge is -2.38. The summed E-state index contributed by atoms with van der Waals surface area (Å²) >= 11 is 6.23. The van der Waals surface area contributed by atoms with Crippen LogP contribution in [0.1, 0.15) is 36.9 Å². The van der Waals surface area contributed by atoms with Gasteiger partial charge in [0.15, 0.2) is 0 Å². The summed E-state index contributed by atoms with van der Waals surface area (Å²) in [6.45, 7) is 2.40. The maximum absolute atomic E-state index is 11.8. The summed E-state index contributed by atoms with van der Waals surface area (Å²) in [4.78, 5) is 11.8. The van der Waals surface area contributed by atoms with Gasteiger partial charge in [-0.25, -0.2) is 4.79 Å². The fourth-order valence-corrected chi connectivity index (χ4v) is 3.37. The van der Waals surface area contributed by atoms with E-state index in [0.29, 0.717) is 12.6 Å². The molecule has 0 radical (unpaired) electrons. The van der Waals surface area contributed by atoms with Crippen LogP contribution in [0.4, 0.5) is 4.79 Å². The van der Waals surface area contributed by atoms with Gasteiger partial charge in [-0.3, -0.25) is 0 Å². The van der Waals surface area contributed by atoms with E-state index in [-0.39, 0.29) is 18.2 Å². The Balaban J connectivity index is 1.36. The molecule has 1 aliphatic rings. The molecule has 1 aliphatic carbocycles. The summed E-state index contributed by atoms with van der Waals surface area (Å²) in [6.07, 6.45) is 1.44. The molecule has 3 rings (SSSR count).